The molecule has 0 bridgehead atoms. The number of aromatic nitrogens is 1. The number of pyridine rings is 1. The predicted octanol–water partition coefficient (Wildman–Crippen LogP) is 3.29. The van der Waals surface area contributed by atoms with Gasteiger partial charge in [0.05, 0.1) is 5.69 Å². The van der Waals surface area contributed by atoms with Gasteiger partial charge >= 0.3 is 0 Å². The fraction of sp³-hybridized carbons (Fsp3) is 0.188. The first-order valence-electron chi connectivity index (χ1n) is 6.57. The van der Waals surface area contributed by atoms with Crippen LogP contribution in [0.25, 0.3) is 0 Å². The predicted molar refractivity (Wildman–Crippen MR) is 87.4 cm³/mol. The van der Waals surface area contributed by atoms with E-state index in [9.17, 15) is 0 Å². The average molecular weight is 296 g/mol. The summed E-state index contributed by atoms with van der Waals surface area (Å²) in [7, 11) is 0. The minimum absolute atomic E-state index is 0.599. The summed E-state index contributed by atoms with van der Waals surface area (Å²) < 4.78 is 0. The Hall–Kier alpha value is -2.32. The Morgan fingerprint density at radius 3 is 2.33 bits per heavy atom. The standard InChI is InChI=1S/C16H16N4S/c1-21-16(19-12-17)20-15-6-4-13(5-7-15)2-3-14-8-10-18-11-9-14/h4-11H,2-3H2,1H3,(H,19,20). The van der Waals surface area contributed by atoms with Gasteiger partial charge in [0.25, 0.3) is 0 Å². The van der Waals surface area contributed by atoms with Crippen molar-refractivity contribution in [1.82, 2.24) is 10.3 Å². The highest BCUT2D eigenvalue weighted by Gasteiger charge is 1.98. The quantitative estimate of drug-likeness (QED) is 0.407. The van der Waals surface area contributed by atoms with Crippen LogP contribution >= 0.6 is 11.8 Å². The number of nitrogens with zero attached hydrogens (tertiary/aromatic N) is 3. The van der Waals surface area contributed by atoms with Crippen LogP contribution in [-0.2, 0) is 12.8 Å². The van der Waals surface area contributed by atoms with E-state index < -0.39 is 0 Å². The van der Waals surface area contributed by atoms with Gasteiger partial charge in [0.1, 0.15) is 0 Å². The zero-order valence-corrected chi connectivity index (χ0v) is 12.6. The van der Waals surface area contributed by atoms with E-state index in [1.54, 1.807) is 0 Å². The lowest BCUT2D eigenvalue weighted by Crippen LogP contribution is -2.12. The van der Waals surface area contributed by atoms with Crippen molar-refractivity contribution < 1.29 is 0 Å². The van der Waals surface area contributed by atoms with Gasteiger partial charge in [0.2, 0.25) is 0 Å². The third kappa shape index (κ3) is 4.93. The van der Waals surface area contributed by atoms with Gasteiger partial charge in [-0.2, -0.15) is 5.26 Å². The van der Waals surface area contributed by atoms with Crippen LogP contribution in [0.1, 0.15) is 11.1 Å². The fourth-order valence-electron chi connectivity index (χ4n) is 1.86. The maximum atomic E-state index is 8.61. The number of hydrogen-bond acceptors (Lipinski definition) is 4. The summed E-state index contributed by atoms with van der Waals surface area (Å²) in [6, 6.07) is 12.2. The molecule has 0 radical (unpaired) electrons. The highest BCUT2D eigenvalue weighted by Crippen LogP contribution is 2.16. The van der Waals surface area contributed by atoms with Gasteiger partial charge in [-0.15, -0.1) is 0 Å². The lowest BCUT2D eigenvalue weighted by atomic mass is 10.1. The number of hydrogen-bond donors (Lipinski definition) is 1. The van der Waals surface area contributed by atoms with Crippen LogP contribution in [0.2, 0.25) is 0 Å². The molecule has 0 saturated heterocycles. The maximum Gasteiger partial charge on any atom is 0.183 e. The first kappa shape index (κ1) is 15.1. The second-order valence-corrected chi connectivity index (χ2v) is 5.17. The van der Waals surface area contributed by atoms with Gasteiger partial charge in [0.15, 0.2) is 11.4 Å². The molecule has 0 unspecified atom stereocenters. The second kappa shape index (κ2) is 8.08. The zero-order chi connectivity index (χ0) is 14.9. The van der Waals surface area contributed by atoms with E-state index >= 15 is 0 Å². The molecule has 2 rings (SSSR count). The molecular formula is C16H16N4S. The summed E-state index contributed by atoms with van der Waals surface area (Å²) in [6.07, 6.45) is 9.38. The lowest BCUT2D eigenvalue weighted by molar-refractivity contribution is 0.955. The Morgan fingerprint density at radius 2 is 1.76 bits per heavy atom. The summed E-state index contributed by atoms with van der Waals surface area (Å²) in [6.45, 7) is 0. The Morgan fingerprint density at radius 1 is 1.14 bits per heavy atom. The summed E-state index contributed by atoms with van der Waals surface area (Å²) >= 11 is 1.41. The molecule has 21 heavy (non-hydrogen) atoms. The van der Waals surface area contributed by atoms with Crippen molar-refractivity contribution in [3.05, 3.63) is 59.9 Å². The molecule has 4 nitrogen and oxygen atoms in total. The molecule has 5 heteroatoms. The smallest absolute Gasteiger partial charge is 0.183 e. The van der Waals surface area contributed by atoms with E-state index in [1.165, 1.54) is 22.9 Å². The van der Waals surface area contributed by atoms with Crippen molar-refractivity contribution in [2.24, 2.45) is 4.99 Å². The molecule has 106 valence electrons. The number of nitrogens with one attached hydrogen (secondary N) is 1. The van der Waals surface area contributed by atoms with Crippen LogP contribution in [0, 0.1) is 11.5 Å². The average Bonchev–Trinajstić information content (AvgIpc) is 2.54. The van der Waals surface area contributed by atoms with Crippen LogP contribution in [0.3, 0.4) is 0 Å². The van der Waals surface area contributed by atoms with Gasteiger partial charge < -0.3 is 0 Å². The topological polar surface area (TPSA) is 61.1 Å². The van der Waals surface area contributed by atoms with Gasteiger partial charge in [-0.25, -0.2) is 4.99 Å². The van der Waals surface area contributed by atoms with E-state index in [0.717, 1.165) is 18.5 Å². The van der Waals surface area contributed by atoms with Crippen molar-refractivity contribution in [3.63, 3.8) is 0 Å². The van der Waals surface area contributed by atoms with Crippen molar-refractivity contribution >= 4 is 22.6 Å². The van der Waals surface area contributed by atoms with Crippen LogP contribution < -0.4 is 5.32 Å². The summed E-state index contributed by atoms with van der Waals surface area (Å²) in [5.74, 6) is 0. The highest BCUT2D eigenvalue weighted by molar-refractivity contribution is 8.13. The molecule has 2 aromatic rings. The van der Waals surface area contributed by atoms with Gasteiger partial charge in [0, 0.05) is 12.4 Å². The molecule has 0 aliphatic heterocycles. The minimum atomic E-state index is 0.599. The highest BCUT2D eigenvalue weighted by atomic mass is 32.2. The van der Waals surface area contributed by atoms with Crippen LogP contribution in [0.15, 0.2) is 53.8 Å². The Bertz CT molecular complexity index is 630. The third-order valence-electron chi connectivity index (χ3n) is 2.97. The van der Waals surface area contributed by atoms with E-state index in [-0.39, 0.29) is 0 Å². The fourth-order valence-corrected chi connectivity index (χ4v) is 2.21. The summed E-state index contributed by atoms with van der Waals surface area (Å²) in [4.78, 5) is 8.38. The molecule has 0 spiro atoms. The number of rotatable bonds is 4. The normalized spacial score (nSPS) is 11.0. The molecule has 0 aliphatic rings. The zero-order valence-electron chi connectivity index (χ0n) is 11.8. The van der Waals surface area contributed by atoms with Crippen LogP contribution in [0.4, 0.5) is 5.69 Å². The van der Waals surface area contributed by atoms with Crippen molar-refractivity contribution in [2.45, 2.75) is 12.8 Å². The Labute approximate surface area is 128 Å². The second-order valence-electron chi connectivity index (χ2n) is 4.38. The van der Waals surface area contributed by atoms with E-state index in [2.05, 4.69) is 27.4 Å². The van der Waals surface area contributed by atoms with Gasteiger partial charge in [-0.3, -0.25) is 10.3 Å². The number of aliphatic imine (C=N–C) groups is 1. The van der Waals surface area contributed by atoms with Crippen molar-refractivity contribution in [1.29, 1.82) is 5.26 Å². The molecule has 0 fully saturated rings. The van der Waals surface area contributed by atoms with Gasteiger partial charge in [-0.05, 0) is 54.5 Å². The van der Waals surface area contributed by atoms with E-state index in [4.69, 9.17) is 5.26 Å². The number of thioether (sulfide) groups is 1. The van der Waals surface area contributed by atoms with Crippen LogP contribution in [-0.4, -0.2) is 16.4 Å². The van der Waals surface area contributed by atoms with Crippen molar-refractivity contribution in [3.8, 4) is 6.19 Å². The van der Waals surface area contributed by atoms with E-state index in [0.29, 0.717) is 5.17 Å². The SMILES string of the molecule is CSC(=Nc1ccc(CCc2ccncc2)cc1)NC#N. The van der Waals surface area contributed by atoms with E-state index in [1.807, 2.05) is 49.1 Å². The molecule has 1 heterocycles. The molecule has 0 aliphatic carbocycles. The number of aryl methyl sites for hydroxylation is 2. The minimum Gasteiger partial charge on any atom is -0.271 e. The molecule has 0 amide bonds. The van der Waals surface area contributed by atoms with Crippen LogP contribution in [0.5, 0.6) is 0 Å². The number of benzene rings is 1. The third-order valence-corrected chi connectivity index (χ3v) is 3.55. The molecular weight excluding hydrogens is 280 g/mol. The first-order valence-corrected chi connectivity index (χ1v) is 7.80. The summed E-state index contributed by atoms with van der Waals surface area (Å²) in [5, 5.41) is 11.8. The Kier molecular flexibility index (Phi) is 5.80. The summed E-state index contributed by atoms with van der Waals surface area (Å²) in [5.41, 5.74) is 3.40. The molecule has 0 saturated carbocycles. The first-order chi connectivity index (χ1) is 10.3. The molecule has 1 aromatic carbocycles. The molecule has 1 aromatic heterocycles. The lowest BCUT2D eigenvalue weighted by Gasteiger charge is -2.03. The Balaban J connectivity index is 1.97. The maximum absolute atomic E-state index is 8.61. The van der Waals surface area contributed by atoms with Crippen molar-refractivity contribution in [2.75, 3.05) is 6.26 Å². The molecule has 0 atom stereocenters. The number of amidine groups is 1. The number of nitriles is 1. The monoisotopic (exact) mass is 296 g/mol. The largest absolute Gasteiger partial charge is 0.271 e. The van der Waals surface area contributed by atoms with Gasteiger partial charge in [-0.1, -0.05) is 23.9 Å². The molecule has 1 N–H and O–H groups in total.